The Bertz CT molecular complexity index is 630. The van der Waals surface area contributed by atoms with Gasteiger partial charge in [-0.2, -0.15) is 0 Å². The van der Waals surface area contributed by atoms with E-state index in [-0.39, 0.29) is 23.2 Å². The molecule has 0 saturated carbocycles. The van der Waals surface area contributed by atoms with E-state index in [1.54, 1.807) is 24.3 Å². The number of rotatable bonds is 5. The summed E-state index contributed by atoms with van der Waals surface area (Å²) in [7, 11) is 0. The molecule has 0 aliphatic rings. The number of carbonyl (C=O) groups is 1. The molecule has 2 N–H and O–H groups in total. The van der Waals surface area contributed by atoms with Crippen LogP contribution in [0.3, 0.4) is 0 Å². The highest BCUT2D eigenvalue weighted by molar-refractivity contribution is 6.29. The zero-order chi connectivity index (χ0) is 14.5. The first kappa shape index (κ1) is 14.3. The second kappa shape index (κ2) is 6.36. The first-order valence-corrected chi connectivity index (χ1v) is 6.26. The minimum Gasteiger partial charge on any atom is -0.477 e. The Morgan fingerprint density at radius 1 is 1.25 bits per heavy atom. The van der Waals surface area contributed by atoms with Crippen LogP contribution in [-0.4, -0.2) is 27.8 Å². The Labute approximate surface area is 120 Å². The molecule has 1 heterocycles. The second-order valence-corrected chi connectivity index (χ2v) is 4.36. The van der Waals surface area contributed by atoms with E-state index < -0.39 is 5.97 Å². The van der Waals surface area contributed by atoms with Crippen LogP contribution < -0.4 is 4.74 Å². The predicted octanol–water partition coefficient (Wildman–Crippen LogP) is 2.76. The summed E-state index contributed by atoms with van der Waals surface area (Å²) in [6.45, 7) is -0.0326. The number of carboxylic acids is 1. The van der Waals surface area contributed by atoms with Gasteiger partial charge in [-0.15, -0.1) is 0 Å². The van der Waals surface area contributed by atoms with Gasteiger partial charge in [-0.1, -0.05) is 29.8 Å². The van der Waals surface area contributed by atoms with E-state index in [2.05, 4.69) is 4.98 Å². The van der Waals surface area contributed by atoms with Gasteiger partial charge in [-0.25, -0.2) is 9.78 Å². The lowest BCUT2D eigenvalue weighted by Crippen LogP contribution is -2.03. The molecule has 2 aromatic rings. The van der Waals surface area contributed by atoms with Crippen LogP contribution in [0.5, 0.6) is 11.6 Å². The van der Waals surface area contributed by atoms with Crippen molar-refractivity contribution in [3.05, 3.63) is 52.7 Å². The van der Waals surface area contributed by atoms with Crippen LogP contribution in [-0.2, 0) is 6.42 Å². The molecule has 2 rings (SSSR count). The molecule has 6 heteroatoms. The molecule has 0 fully saturated rings. The predicted molar refractivity (Wildman–Crippen MR) is 73.5 cm³/mol. The Morgan fingerprint density at radius 2 is 2.00 bits per heavy atom. The first-order chi connectivity index (χ1) is 9.61. The number of hydrogen-bond acceptors (Lipinski definition) is 4. The molecule has 5 nitrogen and oxygen atoms in total. The fourth-order valence-electron chi connectivity index (χ4n) is 1.69. The number of nitrogens with zero attached hydrogens (tertiary/aromatic N) is 1. The highest BCUT2D eigenvalue weighted by atomic mass is 35.5. The number of pyridine rings is 1. The van der Waals surface area contributed by atoms with E-state index in [4.69, 9.17) is 26.6 Å². The first-order valence-electron chi connectivity index (χ1n) is 5.88. The van der Waals surface area contributed by atoms with Crippen LogP contribution in [0.4, 0.5) is 0 Å². The van der Waals surface area contributed by atoms with Crippen LogP contribution in [0.2, 0.25) is 5.15 Å². The minimum absolute atomic E-state index is 0.0326. The van der Waals surface area contributed by atoms with E-state index in [1.807, 2.05) is 0 Å². The average molecular weight is 294 g/mol. The number of halogens is 1. The van der Waals surface area contributed by atoms with Crippen molar-refractivity contribution in [2.75, 3.05) is 6.61 Å². The molecular formula is C14H12ClNO4. The SMILES string of the molecule is O=C(O)c1ccc(Cl)nc1Oc1ccccc1CCO. The maximum Gasteiger partial charge on any atom is 0.341 e. The Hall–Kier alpha value is -2.11. The Kier molecular flexibility index (Phi) is 4.55. The topological polar surface area (TPSA) is 79.7 Å². The maximum atomic E-state index is 11.1. The maximum absolute atomic E-state index is 11.1. The lowest BCUT2D eigenvalue weighted by Gasteiger charge is -2.11. The Morgan fingerprint density at radius 3 is 2.70 bits per heavy atom. The molecule has 0 aliphatic heterocycles. The standard InChI is InChI=1S/C14H12ClNO4/c15-12-6-5-10(14(18)19)13(16-12)20-11-4-2-1-3-9(11)7-8-17/h1-6,17H,7-8H2,(H,18,19). The van der Waals surface area contributed by atoms with Crippen molar-refractivity contribution in [1.82, 2.24) is 4.98 Å². The largest absolute Gasteiger partial charge is 0.477 e. The number of aromatic carboxylic acids is 1. The van der Waals surface area contributed by atoms with Gasteiger partial charge in [0.1, 0.15) is 16.5 Å². The molecule has 0 saturated heterocycles. The number of hydrogen-bond donors (Lipinski definition) is 2. The van der Waals surface area contributed by atoms with Crippen molar-refractivity contribution in [2.45, 2.75) is 6.42 Å². The molecule has 0 bridgehead atoms. The summed E-state index contributed by atoms with van der Waals surface area (Å²) in [4.78, 5) is 15.0. The molecule has 0 spiro atoms. The monoisotopic (exact) mass is 293 g/mol. The summed E-state index contributed by atoms with van der Waals surface area (Å²) in [6, 6.07) is 9.75. The third kappa shape index (κ3) is 3.26. The van der Waals surface area contributed by atoms with Crippen LogP contribution in [0.25, 0.3) is 0 Å². The minimum atomic E-state index is -1.15. The number of para-hydroxylation sites is 1. The van der Waals surface area contributed by atoms with Gasteiger partial charge in [0.05, 0.1) is 0 Å². The molecule has 20 heavy (non-hydrogen) atoms. The van der Waals surface area contributed by atoms with Crippen molar-refractivity contribution in [3.8, 4) is 11.6 Å². The molecule has 0 radical (unpaired) electrons. The fraction of sp³-hybridized carbons (Fsp3) is 0.143. The fourth-order valence-corrected chi connectivity index (χ4v) is 1.83. The second-order valence-electron chi connectivity index (χ2n) is 3.98. The number of aromatic nitrogens is 1. The van der Waals surface area contributed by atoms with Crippen LogP contribution >= 0.6 is 11.6 Å². The van der Waals surface area contributed by atoms with Crippen molar-refractivity contribution in [1.29, 1.82) is 0 Å². The van der Waals surface area contributed by atoms with E-state index >= 15 is 0 Å². The molecule has 0 amide bonds. The summed E-state index contributed by atoms with van der Waals surface area (Å²) in [5.74, 6) is -0.780. The van der Waals surface area contributed by atoms with Gasteiger partial charge in [0, 0.05) is 6.61 Å². The summed E-state index contributed by atoms with van der Waals surface area (Å²) in [5.41, 5.74) is 0.682. The third-order valence-electron chi connectivity index (χ3n) is 2.62. The van der Waals surface area contributed by atoms with Crippen molar-refractivity contribution >= 4 is 17.6 Å². The normalized spacial score (nSPS) is 10.3. The van der Waals surface area contributed by atoms with Gasteiger partial charge in [0.2, 0.25) is 5.88 Å². The highest BCUT2D eigenvalue weighted by Gasteiger charge is 2.15. The zero-order valence-electron chi connectivity index (χ0n) is 10.4. The number of aliphatic hydroxyl groups excluding tert-OH is 1. The molecular weight excluding hydrogens is 282 g/mol. The molecule has 0 unspecified atom stereocenters. The number of carboxylic acid groups (broad SMARTS) is 1. The smallest absolute Gasteiger partial charge is 0.341 e. The molecule has 1 aromatic heterocycles. The zero-order valence-corrected chi connectivity index (χ0v) is 11.2. The molecule has 1 aromatic carbocycles. The van der Waals surface area contributed by atoms with Crippen molar-refractivity contribution in [2.24, 2.45) is 0 Å². The van der Waals surface area contributed by atoms with Gasteiger partial charge in [-0.05, 0) is 30.2 Å². The van der Waals surface area contributed by atoms with Crippen LogP contribution in [0.15, 0.2) is 36.4 Å². The van der Waals surface area contributed by atoms with Gasteiger partial charge < -0.3 is 14.9 Å². The van der Waals surface area contributed by atoms with Crippen LogP contribution in [0, 0.1) is 0 Å². The number of benzene rings is 1. The van der Waals surface area contributed by atoms with Gasteiger partial charge in [0.25, 0.3) is 0 Å². The lowest BCUT2D eigenvalue weighted by molar-refractivity contribution is 0.0693. The summed E-state index contributed by atoms with van der Waals surface area (Å²) in [6.07, 6.45) is 0.402. The average Bonchev–Trinajstić information content (AvgIpc) is 2.41. The summed E-state index contributed by atoms with van der Waals surface area (Å²) < 4.78 is 5.55. The quantitative estimate of drug-likeness (QED) is 0.829. The van der Waals surface area contributed by atoms with E-state index in [1.165, 1.54) is 12.1 Å². The summed E-state index contributed by atoms with van der Waals surface area (Å²) in [5, 5.41) is 18.3. The van der Waals surface area contributed by atoms with E-state index in [0.29, 0.717) is 12.2 Å². The van der Waals surface area contributed by atoms with E-state index in [0.717, 1.165) is 5.56 Å². The third-order valence-corrected chi connectivity index (χ3v) is 2.83. The Balaban J connectivity index is 2.39. The van der Waals surface area contributed by atoms with Gasteiger partial charge in [0.15, 0.2) is 0 Å². The summed E-state index contributed by atoms with van der Waals surface area (Å²) >= 11 is 5.76. The van der Waals surface area contributed by atoms with Crippen molar-refractivity contribution < 1.29 is 19.7 Å². The lowest BCUT2D eigenvalue weighted by atomic mass is 10.1. The molecule has 0 aliphatic carbocycles. The number of ether oxygens (including phenoxy) is 1. The van der Waals surface area contributed by atoms with Crippen LogP contribution in [0.1, 0.15) is 15.9 Å². The van der Waals surface area contributed by atoms with Crippen molar-refractivity contribution in [3.63, 3.8) is 0 Å². The number of aliphatic hydroxyl groups is 1. The van der Waals surface area contributed by atoms with Gasteiger partial charge >= 0.3 is 5.97 Å². The van der Waals surface area contributed by atoms with Gasteiger partial charge in [-0.3, -0.25) is 0 Å². The molecule has 104 valence electrons. The molecule has 0 atom stereocenters. The highest BCUT2D eigenvalue weighted by Crippen LogP contribution is 2.28. The van der Waals surface area contributed by atoms with E-state index in [9.17, 15) is 4.79 Å².